The summed E-state index contributed by atoms with van der Waals surface area (Å²) in [5.74, 6) is 0. The Bertz CT molecular complexity index is 112. The lowest BCUT2D eigenvalue weighted by Crippen LogP contribution is -2.51. The average Bonchev–Trinajstić information content (AvgIpc) is 2.27. The molecule has 58 valence electrons. The highest BCUT2D eigenvalue weighted by molar-refractivity contribution is 4.82. The molecule has 2 atom stereocenters. The van der Waals surface area contributed by atoms with E-state index in [1.807, 2.05) is 0 Å². The second-order valence-electron chi connectivity index (χ2n) is 3.28. The van der Waals surface area contributed by atoms with Crippen molar-refractivity contribution in [3.8, 4) is 0 Å². The van der Waals surface area contributed by atoms with Gasteiger partial charge >= 0.3 is 0 Å². The second-order valence-corrected chi connectivity index (χ2v) is 3.28. The molecule has 3 heteroatoms. The van der Waals surface area contributed by atoms with Gasteiger partial charge in [-0.05, 0) is 26.3 Å². The predicted octanol–water partition coefficient (Wildman–Crippen LogP) is -0.0954. The van der Waals surface area contributed by atoms with Crippen molar-refractivity contribution in [1.29, 1.82) is 0 Å². The van der Waals surface area contributed by atoms with E-state index in [0.29, 0.717) is 12.2 Å². The Morgan fingerprint density at radius 2 is 2.40 bits per heavy atom. The molecular formula is C7H15N3. The van der Waals surface area contributed by atoms with Gasteiger partial charge in [-0.25, -0.2) is 5.01 Å². The third-order valence-corrected chi connectivity index (χ3v) is 2.30. The molecule has 0 aromatic heterocycles. The molecule has 2 saturated heterocycles. The van der Waals surface area contributed by atoms with Crippen LogP contribution in [0.2, 0.25) is 0 Å². The fourth-order valence-electron chi connectivity index (χ4n) is 1.82. The number of rotatable bonds is 0. The van der Waals surface area contributed by atoms with Gasteiger partial charge < -0.3 is 5.32 Å². The van der Waals surface area contributed by atoms with Crippen LogP contribution in [0.5, 0.6) is 0 Å². The van der Waals surface area contributed by atoms with Crippen molar-refractivity contribution in [2.45, 2.75) is 32.0 Å². The molecule has 0 radical (unpaired) electrons. The van der Waals surface area contributed by atoms with Crippen LogP contribution in [0.15, 0.2) is 0 Å². The number of nitrogens with zero attached hydrogens (tertiary/aromatic N) is 1. The van der Waals surface area contributed by atoms with E-state index in [2.05, 4.69) is 22.7 Å². The minimum atomic E-state index is 0.615. The summed E-state index contributed by atoms with van der Waals surface area (Å²) >= 11 is 0. The summed E-state index contributed by atoms with van der Waals surface area (Å²) in [5, 5.41) is 5.80. The fourth-order valence-corrected chi connectivity index (χ4v) is 1.82. The zero-order valence-corrected chi connectivity index (χ0v) is 6.43. The van der Waals surface area contributed by atoms with Gasteiger partial charge in [0.2, 0.25) is 0 Å². The Morgan fingerprint density at radius 1 is 1.50 bits per heavy atom. The molecule has 2 heterocycles. The number of hydrogen-bond donors (Lipinski definition) is 2. The summed E-state index contributed by atoms with van der Waals surface area (Å²) in [4.78, 5) is 0. The first-order valence-electron chi connectivity index (χ1n) is 4.12. The molecule has 0 bridgehead atoms. The zero-order valence-electron chi connectivity index (χ0n) is 6.43. The monoisotopic (exact) mass is 141 g/mol. The molecule has 2 aliphatic rings. The van der Waals surface area contributed by atoms with Crippen molar-refractivity contribution >= 4 is 0 Å². The van der Waals surface area contributed by atoms with Gasteiger partial charge in [0.1, 0.15) is 0 Å². The maximum Gasteiger partial charge on any atom is 0.0748 e. The van der Waals surface area contributed by atoms with Gasteiger partial charge in [-0.3, -0.25) is 5.43 Å². The highest BCUT2D eigenvalue weighted by atomic mass is 15.6. The molecule has 2 rings (SSSR count). The molecule has 0 aromatic carbocycles. The van der Waals surface area contributed by atoms with Gasteiger partial charge in [0.05, 0.1) is 6.17 Å². The SMILES string of the molecule is CC1CC2NCCCN2N1. The Kier molecular flexibility index (Phi) is 1.64. The van der Waals surface area contributed by atoms with E-state index < -0.39 is 0 Å². The van der Waals surface area contributed by atoms with Gasteiger partial charge in [0.15, 0.2) is 0 Å². The normalized spacial score (nSPS) is 41.7. The first-order chi connectivity index (χ1) is 4.86. The summed E-state index contributed by atoms with van der Waals surface area (Å²) in [5.41, 5.74) is 3.43. The second kappa shape index (κ2) is 2.49. The Hall–Kier alpha value is -0.120. The standard InChI is InChI=1S/C7H15N3/c1-6-5-7-8-3-2-4-10(7)9-6/h6-9H,2-5H2,1H3. The van der Waals surface area contributed by atoms with Crippen LogP contribution in [0.1, 0.15) is 19.8 Å². The van der Waals surface area contributed by atoms with Gasteiger partial charge in [-0.2, -0.15) is 0 Å². The Morgan fingerprint density at radius 3 is 3.20 bits per heavy atom. The third-order valence-electron chi connectivity index (χ3n) is 2.30. The molecule has 0 aliphatic carbocycles. The van der Waals surface area contributed by atoms with Crippen LogP contribution in [0, 0.1) is 0 Å². The van der Waals surface area contributed by atoms with Crippen LogP contribution >= 0.6 is 0 Å². The molecule has 2 aliphatic heterocycles. The zero-order chi connectivity index (χ0) is 6.97. The van der Waals surface area contributed by atoms with E-state index in [9.17, 15) is 0 Å². The lowest BCUT2D eigenvalue weighted by atomic mass is 10.2. The van der Waals surface area contributed by atoms with E-state index in [1.54, 1.807) is 0 Å². The molecule has 2 N–H and O–H groups in total. The third kappa shape index (κ3) is 1.05. The first kappa shape index (κ1) is 6.58. The maximum absolute atomic E-state index is 3.47. The highest BCUT2D eigenvalue weighted by Gasteiger charge is 2.30. The van der Waals surface area contributed by atoms with Crippen LogP contribution in [0.3, 0.4) is 0 Å². The summed E-state index contributed by atoms with van der Waals surface area (Å²) in [6.07, 6.45) is 3.14. The van der Waals surface area contributed by atoms with Gasteiger partial charge in [0.25, 0.3) is 0 Å². The molecule has 0 spiro atoms. The van der Waals surface area contributed by atoms with E-state index in [-0.39, 0.29) is 0 Å². The van der Waals surface area contributed by atoms with Gasteiger partial charge in [0, 0.05) is 12.6 Å². The molecule has 0 amide bonds. The lowest BCUT2D eigenvalue weighted by molar-refractivity contribution is 0.124. The van der Waals surface area contributed by atoms with Crippen molar-refractivity contribution in [1.82, 2.24) is 15.8 Å². The number of hydrogen-bond acceptors (Lipinski definition) is 3. The first-order valence-corrected chi connectivity index (χ1v) is 4.12. The molecule has 3 nitrogen and oxygen atoms in total. The minimum Gasteiger partial charge on any atom is -0.301 e. The number of hydrazine groups is 1. The van der Waals surface area contributed by atoms with Crippen LogP contribution < -0.4 is 10.7 Å². The Balaban J connectivity index is 1.97. The minimum absolute atomic E-state index is 0.615. The van der Waals surface area contributed by atoms with Crippen LogP contribution in [-0.4, -0.2) is 30.3 Å². The van der Waals surface area contributed by atoms with Crippen molar-refractivity contribution in [3.05, 3.63) is 0 Å². The van der Waals surface area contributed by atoms with Crippen molar-refractivity contribution in [2.24, 2.45) is 0 Å². The maximum atomic E-state index is 3.47. The van der Waals surface area contributed by atoms with Crippen LogP contribution in [0.4, 0.5) is 0 Å². The summed E-state index contributed by atoms with van der Waals surface area (Å²) in [6.45, 7) is 4.64. The van der Waals surface area contributed by atoms with Crippen molar-refractivity contribution in [2.75, 3.05) is 13.1 Å². The van der Waals surface area contributed by atoms with Gasteiger partial charge in [-0.1, -0.05) is 0 Å². The summed E-state index contributed by atoms with van der Waals surface area (Å²) < 4.78 is 0. The average molecular weight is 141 g/mol. The van der Waals surface area contributed by atoms with E-state index in [0.717, 1.165) is 0 Å². The summed E-state index contributed by atoms with van der Waals surface area (Å²) in [6, 6.07) is 0.663. The molecular weight excluding hydrogens is 126 g/mol. The summed E-state index contributed by atoms with van der Waals surface area (Å²) in [7, 11) is 0. The van der Waals surface area contributed by atoms with Crippen LogP contribution in [0.25, 0.3) is 0 Å². The van der Waals surface area contributed by atoms with Crippen molar-refractivity contribution < 1.29 is 0 Å². The van der Waals surface area contributed by atoms with E-state index >= 15 is 0 Å². The lowest BCUT2D eigenvalue weighted by Gasteiger charge is -2.29. The molecule has 2 fully saturated rings. The number of fused-ring (bicyclic) bond motifs is 1. The van der Waals surface area contributed by atoms with E-state index in [1.165, 1.54) is 25.9 Å². The van der Waals surface area contributed by atoms with Crippen molar-refractivity contribution in [3.63, 3.8) is 0 Å². The Labute approximate surface area is 61.7 Å². The largest absolute Gasteiger partial charge is 0.301 e. The topological polar surface area (TPSA) is 27.3 Å². The van der Waals surface area contributed by atoms with Gasteiger partial charge in [-0.15, -0.1) is 0 Å². The quantitative estimate of drug-likeness (QED) is 0.493. The highest BCUT2D eigenvalue weighted by Crippen LogP contribution is 2.14. The number of nitrogens with one attached hydrogen (secondary N) is 2. The van der Waals surface area contributed by atoms with Crippen LogP contribution in [-0.2, 0) is 0 Å². The molecule has 2 unspecified atom stereocenters. The molecule has 0 aromatic rings. The smallest absolute Gasteiger partial charge is 0.0748 e. The predicted molar refractivity (Wildman–Crippen MR) is 40.3 cm³/mol. The molecule has 10 heavy (non-hydrogen) atoms. The molecule has 0 saturated carbocycles. The fraction of sp³-hybridized carbons (Fsp3) is 1.00. The van der Waals surface area contributed by atoms with E-state index in [4.69, 9.17) is 0 Å².